The third-order valence-corrected chi connectivity index (χ3v) is 2.77. The Hall–Kier alpha value is -1.95. The van der Waals surface area contributed by atoms with Gasteiger partial charge in [-0.1, -0.05) is 0 Å². The summed E-state index contributed by atoms with van der Waals surface area (Å²) in [5.74, 6) is -0.318. The zero-order valence-corrected chi connectivity index (χ0v) is 12.2. The highest BCUT2D eigenvalue weighted by Gasteiger charge is 2.23. The number of rotatable bonds is 5. The number of carbonyl (C=O) groups is 1. The molecule has 0 heterocycles. The van der Waals surface area contributed by atoms with E-state index in [2.05, 4.69) is 0 Å². The van der Waals surface area contributed by atoms with E-state index >= 15 is 0 Å². The van der Waals surface area contributed by atoms with Crippen LogP contribution in [-0.4, -0.2) is 39.5 Å². The zero-order valence-electron chi connectivity index (χ0n) is 12.2. The van der Waals surface area contributed by atoms with Gasteiger partial charge in [0.1, 0.15) is 0 Å². The molecule has 0 spiro atoms. The van der Waals surface area contributed by atoms with Gasteiger partial charge in [0.2, 0.25) is 0 Å². The molecule has 6 nitrogen and oxygen atoms in total. The number of hydrogen-bond acceptors (Lipinski definition) is 4. The van der Waals surface area contributed by atoms with Gasteiger partial charge in [-0.25, -0.2) is 0 Å². The second-order valence-electron chi connectivity index (χ2n) is 5.45. The van der Waals surface area contributed by atoms with Crippen molar-refractivity contribution in [3.8, 4) is 0 Å². The Morgan fingerprint density at radius 3 is 2.45 bits per heavy atom. The number of nitro benzene ring substituents is 1. The standard InChI is InChI=1S/C14H20N2O4/c1-5-15(9-14(3,4)18)13(17)11-6-10(2)7-12(8-11)16(19)20/h6-8,18H,5,9H2,1-4H3. The van der Waals surface area contributed by atoms with Crippen LogP contribution in [0.1, 0.15) is 36.7 Å². The van der Waals surface area contributed by atoms with Crippen molar-refractivity contribution in [3.05, 3.63) is 39.4 Å². The molecule has 1 rings (SSSR count). The summed E-state index contributed by atoms with van der Waals surface area (Å²) in [6.07, 6.45) is 0. The van der Waals surface area contributed by atoms with Gasteiger partial charge in [-0.05, 0) is 39.3 Å². The van der Waals surface area contributed by atoms with Crippen molar-refractivity contribution in [3.63, 3.8) is 0 Å². The van der Waals surface area contributed by atoms with Crippen LogP contribution in [0.2, 0.25) is 0 Å². The van der Waals surface area contributed by atoms with E-state index in [0.29, 0.717) is 12.1 Å². The van der Waals surface area contributed by atoms with Gasteiger partial charge in [-0.3, -0.25) is 14.9 Å². The molecule has 0 aromatic heterocycles. The summed E-state index contributed by atoms with van der Waals surface area (Å²) in [6.45, 7) is 7.32. The van der Waals surface area contributed by atoms with Gasteiger partial charge in [0.15, 0.2) is 0 Å². The maximum absolute atomic E-state index is 12.4. The van der Waals surface area contributed by atoms with Gasteiger partial charge in [-0.15, -0.1) is 0 Å². The summed E-state index contributed by atoms with van der Waals surface area (Å²) in [5, 5.41) is 20.6. The molecular weight excluding hydrogens is 260 g/mol. The van der Waals surface area contributed by atoms with Crippen LogP contribution in [0.15, 0.2) is 18.2 Å². The number of aliphatic hydroxyl groups is 1. The van der Waals surface area contributed by atoms with Gasteiger partial charge in [0.05, 0.1) is 10.5 Å². The lowest BCUT2D eigenvalue weighted by Gasteiger charge is -2.28. The van der Waals surface area contributed by atoms with Crippen molar-refractivity contribution >= 4 is 11.6 Å². The van der Waals surface area contributed by atoms with Crippen molar-refractivity contribution < 1.29 is 14.8 Å². The van der Waals surface area contributed by atoms with Crippen molar-refractivity contribution in [2.24, 2.45) is 0 Å². The summed E-state index contributed by atoms with van der Waals surface area (Å²) in [5.41, 5.74) is -0.196. The summed E-state index contributed by atoms with van der Waals surface area (Å²) >= 11 is 0. The highest BCUT2D eigenvalue weighted by molar-refractivity contribution is 5.95. The molecule has 1 aromatic rings. The predicted octanol–water partition coefficient (Wildman–Crippen LogP) is 2.14. The van der Waals surface area contributed by atoms with Crippen molar-refractivity contribution in [2.75, 3.05) is 13.1 Å². The molecule has 20 heavy (non-hydrogen) atoms. The minimum absolute atomic E-state index is 0.104. The van der Waals surface area contributed by atoms with Crippen LogP contribution in [-0.2, 0) is 0 Å². The molecule has 0 aliphatic heterocycles. The summed E-state index contributed by atoms with van der Waals surface area (Å²) in [6, 6.07) is 4.30. The Morgan fingerprint density at radius 1 is 1.40 bits per heavy atom. The number of hydrogen-bond donors (Lipinski definition) is 1. The smallest absolute Gasteiger partial charge is 0.270 e. The second kappa shape index (κ2) is 6.00. The minimum atomic E-state index is -1.01. The number of aryl methyl sites for hydroxylation is 1. The van der Waals surface area contributed by atoms with E-state index in [9.17, 15) is 20.0 Å². The lowest BCUT2D eigenvalue weighted by atomic mass is 10.1. The molecule has 0 bridgehead atoms. The van der Waals surface area contributed by atoms with E-state index in [1.165, 1.54) is 17.0 Å². The van der Waals surface area contributed by atoms with E-state index < -0.39 is 10.5 Å². The average molecular weight is 280 g/mol. The van der Waals surface area contributed by atoms with E-state index in [-0.39, 0.29) is 23.7 Å². The maximum atomic E-state index is 12.4. The fraction of sp³-hybridized carbons (Fsp3) is 0.500. The van der Waals surface area contributed by atoms with Crippen LogP contribution in [0.25, 0.3) is 0 Å². The largest absolute Gasteiger partial charge is 0.389 e. The number of nitro groups is 1. The first-order valence-electron chi connectivity index (χ1n) is 6.42. The lowest BCUT2D eigenvalue weighted by Crippen LogP contribution is -2.42. The first kappa shape index (κ1) is 16.1. The quantitative estimate of drug-likeness (QED) is 0.661. The molecular formula is C14H20N2O4. The summed E-state index contributed by atoms with van der Waals surface area (Å²) in [7, 11) is 0. The van der Waals surface area contributed by atoms with Gasteiger partial charge in [0.25, 0.3) is 11.6 Å². The Morgan fingerprint density at radius 2 is 2.00 bits per heavy atom. The van der Waals surface area contributed by atoms with E-state index in [0.717, 1.165) is 0 Å². The number of nitrogens with zero attached hydrogens (tertiary/aromatic N) is 2. The molecule has 0 unspecified atom stereocenters. The molecule has 110 valence electrons. The van der Waals surface area contributed by atoms with Crippen LogP contribution in [0.5, 0.6) is 0 Å². The van der Waals surface area contributed by atoms with Gasteiger partial charge in [0, 0.05) is 30.8 Å². The monoisotopic (exact) mass is 280 g/mol. The zero-order chi connectivity index (χ0) is 15.5. The molecule has 1 aromatic carbocycles. The highest BCUT2D eigenvalue weighted by Crippen LogP contribution is 2.19. The Bertz CT molecular complexity index is 520. The van der Waals surface area contributed by atoms with Crippen LogP contribution in [0.3, 0.4) is 0 Å². The van der Waals surface area contributed by atoms with Gasteiger partial charge >= 0.3 is 0 Å². The Labute approximate surface area is 118 Å². The topological polar surface area (TPSA) is 83.7 Å². The molecule has 0 atom stereocenters. The SMILES string of the molecule is CCN(CC(C)(C)O)C(=O)c1cc(C)cc([N+](=O)[O-])c1. The predicted molar refractivity (Wildman–Crippen MR) is 75.7 cm³/mol. The minimum Gasteiger partial charge on any atom is -0.389 e. The van der Waals surface area contributed by atoms with Crippen LogP contribution >= 0.6 is 0 Å². The third kappa shape index (κ3) is 4.31. The van der Waals surface area contributed by atoms with E-state index in [1.807, 2.05) is 0 Å². The average Bonchev–Trinajstić information content (AvgIpc) is 2.33. The highest BCUT2D eigenvalue weighted by atomic mass is 16.6. The summed E-state index contributed by atoms with van der Waals surface area (Å²) < 4.78 is 0. The Kier molecular flexibility index (Phi) is 4.83. The van der Waals surface area contributed by atoms with Crippen LogP contribution in [0.4, 0.5) is 5.69 Å². The third-order valence-electron chi connectivity index (χ3n) is 2.77. The van der Waals surface area contributed by atoms with Crippen molar-refractivity contribution in [2.45, 2.75) is 33.3 Å². The molecule has 0 aliphatic rings. The Balaban J connectivity index is 3.09. The molecule has 0 radical (unpaired) electrons. The first-order chi connectivity index (χ1) is 9.14. The first-order valence-corrected chi connectivity index (χ1v) is 6.42. The van der Waals surface area contributed by atoms with Crippen LogP contribution in [0, 0.1) is 17.0 Å². The van der Waals surface area contributed by atoms with E-state index in [1.54, 1.807) is 33.8 Å². The molecule has 0 fully saturated rings. The molecule has 0 saturated carbocycles. The van der Waals surface area contributed by atoms with Crippen molar-refractivity contribution in [1.82, 2.24) is 4.90 Å². The molecule has 6 heteroatoms. The fourth-order valence-electron chi connectivity index (χ4n) is 1.97. The molecule has 1 N–H and O–H groups in total. The van der Waals surface area contributed by atoms with Crippen LogP contribution < -0.4 is 0 Å². The number of likely N-dealkylation sites (N-methyl/N-ethyl adjacent to an activating group) is 1. The van der Waals surface area contributed by atoms with Gasteiger partial charge in [-0.2, -0.15) is 0 Å². The normalized spacial score (nSPS) is 11.2. The summed E-state index contributed by atoms with van der Waals surface area (Å²) in [4.78, 5) is 24.2. The maximum Gasteiger partial charge on any atom is 0.270 e. The molecule has 0 aliphatic carbocycles. The van der Waals surface area contributed by atoms with Gasteiger partial charge < -0.3 is 10.0 Å². The molecule has 0 saturated heterocycles. The number of benzene rings is 1. The lowest BCUT2D eigenvalue weighted by molar-refractivity contribution is -0.384. The number of non-ortho nitro benzene ring substituents is 1. The molecule has 1 amide bonds. The number of amides is 1. The fourth-order valence-corrected chi connectivity index (χ4v) is 1.97. The van der Waals surface area contributed by atoms with E-state index in [4.69, 9.17) is 0 Å². The van der Waals surface area contributed by atoms with Crippen molar-refractivity contribution in [1.29, 1.82) is 0 Å². The number of carbonyl (C=O) groups excluding carboxylic acids is 1. The second-order valence-corrected chi connectivity index (χ2v) is 5.45.